The molecular formula is C15H21NO2. The molecule has 1 fully saturated rings. The molecule has 3 nitrogen and oxygen atoms in total. The summed E-state index contributed by atoms with van der Waals surface area (Å²) in [6, 6.07) is 8.20. The van der Waals surface area contributed by atoms with E-state index in [-0.39, 0.29) is 5.78 Å². The number of benzene rings is 1. The molecule has 0 radical (unpaired) electrons. The van der Waals surface area contributed by atoms with Crippen LogP contribution in [-0.2, 0) is 0 Å². The Bertz CT molecular complexity index is 395. The van der Waals surface area contributed by atoms with Crippen LogP contribution in [-0.4, -0.2) is 36.9 Å². The van der Waals surface area contributed by atoms with Crippen molar-refractivity contribution in [2.24, 2.45) is 0 Å². The zero-order valence-electron chi connectivity index (χ0n) is 11.2. The summed E-state index contributed by atoms with van der Waals surface area (Å²) in [5, 5.41) is 0. The number of likely N-dealkylation sites (N-methyl/N-ethyl adjacent to an activating group) is 1. The molecule has 0 bridgehead atoms. The maximum absolute atomic E-state index is 11.5. The summed E-state index contributed by atoms with van der Waals surface area (Å²) in [4.78, 5) is 13.8. The van der Waals surface area contributed by atoms with Crippen molar-refractivity contribution in [3.63, 3.8) is 0 Å². The average molecular weight is 247 g/mol. The highest BCUT2D eigenvalue weighted by Gasteiger charge is 2.25. The van der Waals surface area contributed by atoms with Crippen molar-refractivity contribution >= 4 is 5.78 Å². The van der Waals surface area contributed by atoms with Gasteiger partial charge in [-0.2, -0.15) is 0 Å². The molecule has 18 heavy (non-hydrogen) atoms. The Labute approximate surface area is 109 Å². The predicted molar refractivity (Wildman–Crippen MR) is 72.2 cm³/mol. The van der Waals surface area contributed by atoms with Crippen LogP contribution in [0.4, 0.5) is 0 Å². The van der Waals surface area contributed by atoms with Crippen LogP contribution < -0.4 is 4.74 Å². The summed E-state index contributed by atoms with van der Waals surface area (Å²) in [6.07, 6.45) is 3.20. The Hall–Kier alpha value is -1.35. The van der Waals surface area contributed by atoms with Crippen molar-refractivity contribution in [1.82, 2.24) is 4.90 Å². The average Bonchev–Trinajstić information content (AvgIpc) is 3.23. The van der Waals surface area contributed by atoms with E-state index in [0.29, 0.717) is 13.0 Å². The van der Waals surface area contributed by atoms with Gasteiger partial charge in [-0.3, -0.25) is 4.79 Å². The van der Waals surface area contributed by atoms with E-state index in [2.05, 4.69) is 11.9 Å². The number of ketones is 1. The first kappa shape index (κ1) is 13.1. The monoisotopic (exact) mass is 247 g/mol. The summed E-state index contributed by atoms with van der Waals surface area (Å²) >= 11 is 0. The molecular weight excluding hydrogens is 226 g/mol. The molecule has 0 aliphatic heterocycles. The fraction of sp³-hybridized carbons (Fsp3) is 0.533. The van der Waals surface area contributed by atoms with Gasteiger partial charge in [0.05, 0.1) is 0 Å². The second kappa shape index (κ2) is 6.01. The Kier molecular flexibility index (Phi) is 4.37. The lowest BCUT2D eigenvalue weighted by Gasteiger charge is -2.15. The largest absolute Gasteiger partial charge is 0.492 e. The number of nitrogens with zero attached hydrogens (tertiary/aromatic N) is 1. The molecule has 0 aromatic heterocycles. The molecule has 0 atom stereocenters. The summed E-state index contributed by atoms with van der Waals surface area (Å²) < 4.78 is 5.67. The number of carbonyl (C=O) groups excluding carboxylic acids is 1. The second-order valence-electron chi connectivity index (χ2n) is 4.86. The zero-order valence-corrected chi connectivity index (χ0v) is 11.2. The number of carbonyl (C=O) groups is 1. The molecule has 1 aliphatic rings. The maximum atomic E-state index is 11.5. The third-order valence-corrected chi connectivity index (χ3v) is 3.38. The molecule has 1 saturated carbocycles. The smallest absolute Gasteiger partial charge is 0.162 e. The standard InChI is InChI=1S/C15H21NO2/c1-3-15(17)12-4-8-14(9-5-12)18-11-10-16(2)13-6-7-13/h4-5,8-9,13H,3,6-7,10-11H2,1-2H3. The lowest BCUT2D eigenvalue weighted by atomic mass is 10.1. The van der Waals surface area contributed by atoms with Gasteiger partial charge in [0.2, 0.25) is 0 Å². The van der Waals surface area contributed by atoms with Gasteiger partial charge in [0, 0.05) is 24.6 Å². The number of rotatable bonds is 7. The zero-order chi connectivity index (χ0) is 13.0. The minimum absolute atomic E-state index is 0.176. The van der Waals surface area contributed by atoms with Gasteiger partial charge < -0.3 is 9.64 Å². The highest BCUT2D eigenvalue weighted by molar-refractivity contribution is 5.95. The van der Waals surface area contributed by atoms with E-state index in [4.69, 9.17) is 4.74 Å². The molecule has 0 unspecified atom stereocenters. The normalized spacial score (nSPS) is 14.8. The van der Waals surface area contributed by atoms with Crippen molar-refractivity contribution < 1.29 is 9.53 Å². The molecule has 3 heteroatoms. The molecule has 1 aromatic rings. The molecule has 0 N–H and O–H groups in total. The third-order valence-electron chi connectivity index (χ3n) is 3.38. The Morgan fingerprint density at radius 2 is 2.00 bits per heavy atom. The maximum Gasteiger partial charge on any atom is 0.162 e. The fourth-order valence-corrected chi connectivity index (χ4v) is 1.95. The van der Waals surface area contributed by atoms with Gasteiger partial charge in [-0.15, -0.1) is 0 Å². The highest BCUT2D eigenvalue weighted by atomic mass is 16.5. The van der Waals surface area contributed by atoms with Crippen LogP contribution >= 0.6 is 0 Å². The SMILES string of the molecule is CCC(=O)c1ccc(OCCN(C)C2CC2)cc1. The molecule has 98 valence electrons. The quantitative estimate of drug-likeness (QED) is 0.694. The first-order chi connectivity index (χ1) is 8.70. The topological polar surface area (TPSA) is 29.5 Å². The lowest BCUT2D eigenvalue weighted by molar-refractivity contribution is 0.0988. The van der Waals surface area contributed by atoms with Crippen LogP contribution in [0, 0.1) is 0 Å². The van der Waals surface area contributed by atoms with E-state index in [0.717, 1.165) is 23.9 Å². The van der Waals surface area contributed by atoms with Gasteiger partial charge in [-0.05, 0) is 44.2 Å². The number of Topliss-reactive ketones (excluding diaryl/α,β-unsaturated/α-hetero) is 1. The van der Waals surface area contributed by atoms with Crippen LogP contribution in [0.15, 0.2) is 24.3 Å². The number of hydrogen-bond donors (Lipinski definition) is 0. The van der Waals surface area contributed by atoms with E-state index in [1.165, 1.54) is 12.8 Å². The first-order valence-electron chi connectivity index (χ1n) is 6.67. The van der Waals surface area contributed by atoms with E-state index in [1.54, 1.807) is 0 Å². The van der Waals surface area contributed by atoms with Crippen molar-refractivity contribution in [3.05, 3.63) is 29.8 Å². The molecule has 0 saturated heterocycles. The lowest BCUT2D eigenvalue weighted by Crippen LogP contribution is -2.26. The van der Waals surface area contributed by atoms with Crippen LogP contribution in [0.3, 0.4) is 0 Å². The predicted octanol–water partition coefficient (Wildman–Crippen LogP) is 2.75. The Morgan fingerprint density at radius 1 is 1.33 bits per heavy atom. The van der Waals surface area contributed by atoms with Crippen LogP contribution in [0.1, 0.15) is 36.5 Å². The van der Waals surface area contributed by atoms with Crippen LogP contribution in [0.25, 0.3) is 0 Å². The van der Waals surface area contributed by atoms with Gasteiger partial charge >= 0.3 is 0 Å². The molecule has 2 rings (SSSR count). The van der Waals surface area contributed by atoms with Gasteiger partial charge in [0.15, 0.2) is 5.78 Å². The van der Waals surface area contributed by atoms with E-state index < -0.39 is 0 Å². The summed E-state index contributed by atoms with van der Waals surface area (Å²) in [7, 11) is 2.14. The molecule has 1 aromatic carbocycles. The van der Waals surface area contributed by atoms with E-state index in [9.17, 15) is 4.79 Å². The minimum Gasteiger partial charge on any atom is -0.492 e. The molecule has 0 spiro atoms. The molecule has 0 amide bonds. The van der Waals surface area contributed by atoms with Gasteiger partial charge in [-0.25, -0.2) is 0 Å². The Balaban J connectivity index is 1.77. The van der Waals surface area contributed by atoms with Gasteiger partial charge in [-0.1, -0.05) is 6.92 Å². The second-order valence-corrected chi connectivity index (χ2v) is 4.86. The molecule has 0 heterocycles. The molecule has 1 aliphatic carbocycles. The fourth-order valence-electron chi connectivity index (χ4n) is 1.95. The highest BCUT2D eigenvalue weighted by Crippen LogP contribution is 2.24. The summed E-state index contributed by atoms with van der Waals surface area (Å²) in [5.74, 6) is 1.02. The van der Waals surface area contributed by atoms with Gasteiger partial charge in [0.25, 0.3) is 0 Å². The van der Waals surface area contributed by atoms with Crippen LogP contribution in [0.2, 0.25) is 0 Å². The first-order valence-corrected chi connectivity index (χ1v) is 6.67. The third kappa shape index (κ3) is 3.57. The van der Waals surface area contributed by atoms with Gasteiger partial charge in [0.1, 0.15) is 12.4 Å². The van der Waals surface area contributed by atoms with E-state index in [1.807, 2.05) is 31.2 Å². The number of ether oxygens (including phenoxy) is 1. The minimum atomic E-state index is 0.176. The van der Waals surface area contributed by atoms with Crippen molar-refractivity contribution in [1.29, 1.82) is 0 Å². The van der Waals surface area contributed by atoms with Crippen LogP contribution in [0.5, 0.6) is 5.75 Å². The summed E-state index contributed by atoms with van der Waals surface area (Å²) in [6.45, 7) is 3.54. The van der Waals surface area contributed by atoms with Crippen molar-refractivity contribution in [3.8, 4) is 5.75 Å². The summed E-state index contributed by atoms with van der Waals surface area (Å²) in [5.41, 5.74) is 0.764. The van der Waals surface area contributed by atoms with Crippen molar-refractivity contribution in [2.45, 2.75) is 32.2 Å². The van der Waals surface area contributed by atoms with E-state index >= 15 is 0 Å². The Morgan fingerprint density at radius 3 is 2.56 bits per heavy atom. The number of hydrogen-bond acceptors (Lipinski definition) is 3. The van der Waals surface area contributed by atoms with Crippen molar-refractivity contribution in [2.75, 3.05) is 20.2 Å².